The average molecular weight is 353 g/mol. The van der Waals surface area contributed by atoms with Crippen molar-refractivity contribution in [1.29, 1.82) is 0 Å². The highest BCUT2D eigenvalue weighted by atomic mass is 79.9. The summed E-state index contributed by atoms with van der Waals surface area (Å²) in [7, 11) is 0. The number of hydrogen-bond acceptors (Lipinski definition) is 2. The summed E-state index contributed by atoms with van der Waals surface area (Å²) in [5.74, 6) is 1.95. The molecule has 116 valence electrons. The van der Waals surface area contributed by atoms with E-state index in [0.29, 0.717) is 23.3 Å². The minimum atomic E-state index is 0.0585. The van der Waals surface area contributed by atoms with E-state index in [4.69, 9.17) is 4.74 Å². The van der Waals surface area contributed by atoms with Crippen LogP contribution in [0.2, 0.25) is 0 Å². The highest BCUT2D eigenvalue weighted by Gasteiger charge is 2.31. The minimum Gasteiger partial charge on any atom is -0.370 e. The summed E-state index contributed by atoms with van der Waals surface area (Å²) < 4.78 is 6.87. The molecule has 0 bridgehead atoms. The van der Waals surface area contributed by atoms with Crippen molar-refractivity contribution in [2.75, 3.05) is 6.61 Å². The van der Waals surface area contributed by atoms with Gasteiger partial charge in [-0.05, 0) is 36.7 Å². The second-order valence-electron chi connectivity index (χ2n) is 6.58. The van der Waals surface area contributed by atoms with Crippen molar-refractivity contribution in [3.05, 3.63) is 34.3 Å². The lowest BCUT2D eigenvalue weighted by molar-refractivity contribution is -0.0309. The molecule has 3 unspecified atom stereocenters. The van der Waals surface area contributed by atoms with Crippen LogP contribution >= 0.6 is 15.9 Å². The summed E-state index contributed by atoms with van der Waals surface area (Å²) in [5, 5.41) is 0. The fourth-order valence-electron chi connectivity index (χ4n) is 3.25. The van der Waals surface area contributed by atoms with Crippen molar-refractivity contribution >= 4 is 21.7 Å². The Bertz CT molecular complexity index is 484. The lowest BCUT2D eigenvalue weighted by Crippen LogP contribution is -2.35. The Kier molecular flexibility index (Phi) is 6.00. The van der Waals surface area contributed by atoms with E-state index in [1.807, 2.05) is 24.3 Å². The smallest absolute Gasteiger partial charge is 0.189 e. The lowest BCUT2D eigenvalue weighted by atomic mass is 9.75. The third-order valence-corrected chi connectivity index (χ3v) is 5.26. The summed E-state index contributed by atoms with van der Waals surface area (Å²) in [5.41, 5.74) is 0.711. The van der Waals surface area contributed by atoms with Crippen LogP contribution in [-0.4, -0.2) is 18.5 Å². The van der Waals surface area contributed by atoms with Crippen LogP contribution in [-0.2, 0) is 4.74 Å². The molecule has 0 spiro atoms. The Morgan fingerprint density at radius 1 is 1.33 bits per heavy atom. The van der Waals surface area contributed by atoms with Gasteiger partial charge in [0.15, 0.2) is 5.78 Å². The van der Waals surface area contributed by atoms with Crippen molar-refractivity contribution in [3.63, 3.8) is 0 Å². The van der Waals surface area contributed by atoms with Crippen LogP contribution in [0.4, 0.5) is 0 Å². The highest BCUT2D eigenvalue weighted by Crippen LogP contribution is 2.35. The predicted octanol–water partition coefficient (Wildman–Crippen LogP) is 5.11. The van der Waals surface area contributed by atoms with Gasteiger partial charge in [-0.15, -0.1) is 0 Å². The average Bonchev–Trinajstić information content (AvgIpc) is 2.45. The van der Waals surface area contributed by atoms with E-state index in [0.717, 1.165) is 10.9 Å². The first-order valence-electron chi connectivity index (χ1n) is 7.88. The Hall–Kier alpha value is -0.670. The van der Waals surface area contributed by atoms with Crippen LogP contribution < -0.4 is 0 Å². The molecule has 0 N–H and O–H groups in total. The van der Waals surface area contributed by atoms with Gasteiger partial charge in [-0.3, -0.25) is 4.79 Å². The second-order valence-corrected chi connectivity index (χ2v) is 7.43. The maximum absolute atomic E-state index is 12.3. The van der Waals surface area contributed by atoms with Crippen molar-refractivity contribution < 1.29 is 9.53 Å². The standard InChI is InChI=1S/C18H25BrO2/c1-12(2)14-9-8-13(3)10-18(14)21-11-17(20)15-6-4-5-7-16(15)19/h4-7,12-14,18H,8-11H2,1-3H3. The molecule has 0 aromatic heterocycles. The Morgan fingerprint density at radius 3 is 2.71 bits per heavy atom. The molecule has 0 radical (unpaired) electrons. The van der Waals surface area contributed by atoms with Gasteiger partial charge in [-0.2, -0.15) is 0 Å². The van der Waals surface area contributed by atoms with Gasteiger partial charge in [0.1, 0.15) is 6.61 Å². The molecule has 0 saturated heterocycles. The monoisotopic (exact) mass is 352 g/mol. The van der Waals surface area contributed by atoms with Crippen molar-refractivity contribution in [2.24, 2.45) is 17.8 Å². The molecule has 0 aliphatic heterocycles. The molecule has 3 heteroatoms. The molecule has 2 nitrogen and oxygen atoms in total. The van der Waals surface area contributed by atoms with E-state index in [1.54, 1.807) is 0 Å². The summed E-state index contributed by atoms with van der Waals surface area (Å²) in [6.45, 7) is 6.98. The van der Waals surface area contributed by atoms with Gasteiger partial charge in [0.25, 0.3) is 0 Å². The number of hydrogen-bond donors (Lipinski definition) is 0. The van der Waals surface area contributed by atoms with Crippen LogP contribution in [0.3, 0.4) is 0 Å². The molecular formula is C18H25BrO2. The van der Waals surface area contributed by atoms with Crippen molar-refractivity contribution in [3.8, 4) is 0 Å². The van der Waals surface area contributed by atoms with E-state index in [9.17, 15) is 4.79 Å². The zero-order valence-electron chi connectivity index (χ0n) is 13.1. The number of benzene rings is 1. The maximum atomic E-state index is 12.3. The predicted molar refractivity (Wildman–Crippen MR) is 89.6 cm³/mol. The van der Waals surface area contributed by atoms with Gasteiger partial charge >= 0.3 is 0 Å². The fourth-order valence-corrected chi connectivity index (χ4v) is 3.76. The quantitative estimate of drug-likeness (QED) is 0.688. The Balaban J connectivity index is 1.97. The molecule has 21 heavy (non-hydrogen) atoms. The first kappa shape index (κ1) is 16.7. The molecule has 1 aliphatic carbocycles. The second kappa shape index (κ2) is 7.55. The van der Waals surface area contributed by atoms with Gasteiger partial charge < -0.3 is 4.74 Å². The SMILES string of the molecule is CC1CCC(C(C)C)C(OCC(=O)c2ccccc2Br)C1. The van der Waals surface area contributed by atoms with Gasteiger partial charge in [0, 0.05) is 10.0 Å². The Labute approximate surface area is 136 Å². The van der Waals surface area contributed by atoms with Crippen LogP contribution in [0.5, 0.6) is 0 Å². The molecule has 3 atom stereocenters. The van der Waals surface area contributed by atoms with Gasteiger partial charge in [0.2, 0.25) is 0 Å². The van der Waals surface area contributed by atoms with Gasteiger partial charge in [0.05, 0.1) is 6.10 Å². The normalized spacial score (nSPS) is 26.0. The zero-order chi connectivity index (χ0) is 15.4. The highest BCUT2D eigenvalue weighted by molar-refractivity contribution is 9.10. The van der Waals surface area contributed by atoms with Gasteiger partial charge in [-0.1, -0.05) is 61.3 Å². The van der Waals surface area contributed by atoms with Crippen LogP contribution in [0.25, 0.3) is 0 Å². The number of carbonyl (C=O) groups is 1. The first-order valence-corrected chi connectivity index (χ1v) is 8.67. The van der Waals surface area contributed by atoms with Crippen molar-refractivity contribution in [2.45, 2.75) is 46.1 Å². The van der Waals surface area contributed by atoms with E-state index in [-0.39, 0.29) is 18.5 Å². The molecule has 1 fully saturated rings. The number of carbonyl (C=O) groups excluding carboxylic acids is 1. The van der Waals surface area contributed by atoms with E-state index < -0.39 is 0 Å². The molecule has 1 aromatic rings. The summed E-state index contributed by atoms with van der Waals surface area (Å²) in [6, 6.07) is 7.54. The van der Waals surface area contributed by atoms with Gasteiger partial charge in [-0.25, -0.2) is 0 Å². The lowest BCUT2D eigenvalue weighted by Gasteiger charge is -2.37. The van der Waals surface area contributed by atoms with Crippen LogP contribution in [0.1, 0.15) is 50.4 Å². The van der Waals surface area contributed by atoms with E-state index in [2.05, 4.69) is 36.7 Å². The molecule has 1 aliphatic rings. The summed E-state index contributed by atoms with van der Waals surface area (Å²) >= 11 is 3.43. The summed E-state index contributed by atoms with van der Waals surface area (Å²) in [4.78, 5) is 12.3. The molecule has 2 rings (SSSR count). The topological polar surface area (TPSA) is 26.3 Å². The molecular weight excluding hydrogens is 328 g/mol. The van der Waals surface area contributed by atoms with E-state index in [1.165, 1.54) is 12.8 Å². The molecule has 1 saturated carbocycles. The minimum absolute atomic E-state index is 0.0585. The number of ether oxygens (including phenoxy) is 1. The maximum Gasteiger partial charge on any atom is 0.189 e. The first-order chi connectivity index (χ1) is 9.99. The molecule has 0 heterocycles. The molecule has 0 amide bonds. The largest absolute Gasteiger partial charge is 0.370 e. The fraction of sp³-hybridized carbons (Fsp3) is 0.611. The van der Waals surface area contributed by atoms with Crippen LogP contribution in [0, 0.1) is 17.8 Å². The summed E-state index contributed by atoms with van der Waals surface area (Å²) in [6.07, 6.45) is 3.79. The Morgan fingerprint density at radius 2 is 2.05 bits per heavy atom. The number of ketones is 1. The third-order valence-electron chi connectivity index (χ3n) is 4.56. The third kappa shape index (κ3) is 4.40. The molecule has 1 aromatic carbocycles. The number of Topliss-reactive ketones (excluding diaryl/α,β-unsaturated/α-hetero) is 1. The van der Waals surface area contributed by atoms with Crippen molar-refractivity contribution in [1.82, 2.24) is 0 Å². The van der Waals surface area contributed by atoms with E-state index >= 15 is 0 Å². The van der Waals surface area contributed by atoms with Crippen LogP contribution in [0.15, 0.2) is 28.7 Å². The number of halogens is 1. The zero-order valence-corrected chi connectivity index (χ0v) is 14.7. The number of rotatable bonds is 5.